The normalized spacial score (nSPS) is 11.3. The maximum absolute atomic E-state index is 12.9. The highest BCUT2D eigenvalue weighted by atomic mass is 32.2. The summed E-state index contributed by atoms with van der Waals surface area (Å²) < 4.78 is 41.4. The van der Waals surface area contributed by atoms with Gasteiger partial charge in [-0.2, -0.15) is 8.42 Å². The number of methoxy groups -OCH3 is 1. The number of hydrogen-bond acceptors (Lipinski definition) is 8. The Morgan fingerprint density at radius 1 is 1.13 bits per heavy atom. The van der Waals surface area contributed by atoms with E-state index >= 15 is 0 Å². The molecule has 0 atom stereocenters. The number of carbonyl (C=O) groups is 1. The number of fused-ring (bicyclic) bond motifs is 1. The smallest absolute Gasteiger partial charge is 0.360 e. The van der Waals surface area contributed by atoms with Crippen molar-refractivity contribution in [1.82, 2.24) is 4.98 Å². The Bertz CT molecular complexity index is 1160. The van der Waals surface area contributed by atoms with Crippen LogP contribution < -0.4 is 14.7 Å². The van der Waals surface area contributed by atoms with Gasteiger partial charge in [-0.25, -0.2) is 9.78 Å². The SMILES string of the molecule is CCCCOC(=O)c1ncc2ccc(N)cc2c1OS(=O)(=O)c1ccc(OC)cc1. The molecule has 1 aromatic heterocycles. The van der Waals surface area contributed by atoms with Crippen LogP contribution in [0.1, 0.15) is 30.3 Å². The molecule has 3 rings (SSSR count). The maximum Gasteiger partial charge on any atom is 0.360 e. The second-order valence-electron chi connectivity index (χ2n) is 6.49. The summed E-state index contributed by atoms with van der Waals surface area (Å²) in [6, 6.07) is 10.5. The lowest BCUT2D eigenvalue weighted by Crippen LogP contribution is -2.16. The Kier molecular flexibility index (Phi) is 6.41. The molecule has 1 heterocycles. The number of nitrogen functional groups attached to an aromatic ring is 1. The number of esters is 1. The molecule has 3 aromatic rings. The number of nitrogens with two attached hydrogens (primary N) is 1. The fraction of sp³-hybridized carbons (Fsp3) is 0.238. The standard InChI is InChI=1S/C21H22N2O6S/c1-3-4-11-28-21(24)19-20(18-12-15(22)6-5-14(18)13-23-19)29-30(25,26)17-9-7-16(27-2)8-10-17/h5-10,12-13H,3-4,11,22H2,1-2H3. The number of benzene rings is 2. The van der Waals surface area contributed by atoms with E-state index in [2.05, 4.69) is 4.98 Å². The summed E-state index contributed by atoms with van der Waals surface area (Å²) in [6.07, 6.45) is 2.95. The van der Waals surface area contributed by atoms with Crippen LogP contribution in [0.25, 0.3) is 10.8 Å². The zero-order valence-corrected chi connectivity index (χ0v) is 17.4. The minimum Gasteiger partial charge on any atom is -0.497 e. The van der Waals surface area contributed by atoms with E-state index in [9.17, 15) is 13.2 Å². The summed E-state index contributed by atoms with van der Waals surface area (Å²) in [5, 5.41) is 0.902. The van der Waals surface area contributed by atoms with Gasteiger partial charge in [-0.05, 0) is 42.8 Å². The molecule has 2 N–H and O–H groups in total. The van der Waals surface area contributed by atoms with Crippen molar-refractivity contribution >= 4 is 32.5 Å². The zero-order valence-electron chi connectivity index (χ0n) is 16.6. The molecule has 2 aromatic carbocycles. The molecule has 0 aliphatic rings. The van der Waals surface area contributed by atoms with Crippen LogP contribution in [0.2, 0.25) is 0 Å². The summed E-state index contributed by atoms with van der Waals surface area (Å²) in [6.45, 7) is 2.15. The van der Waals surface area contributed by atoms with Crippen LogP contribution >= 0.6 is 0 Å². The van der Waals surface area contributed by atoms with Crippen molar-refractivity contribution in [2.24, 2.45) is 0 Å². The van der Waals surface area contributed by atoms with Crippen LogP contribution in [0, 0.1) is 0 Å². The third-order valence-corrected chi connectivity index (χ3v) is 5.57. The summed E-state index contributed by atoms with van der Waals surface area (Å²) >= 11 is 0. The Morgan fingerprint density at radius 2 is 1.87 bits per heavy atom. The average molecular weight is 430 g/mol. The number of aromatic nitrogens is 1. The molecule has 30 heavy (non-hydrogen) atoms. The average Bonchev–Trinajstić information content (AvgIpc) is 2.74. The number of carbonyl (C=O) groups excluding carboxylic acids is 1. The van der Waals surface area contributed by atoms with E-state index in [-0.39, 0.29) is 22.9 Å². The molecular formula is C21H22N2O6S. The molecule has 0 amide bonds. The largest absolute Gasteiger partial charge is 0.497 e. The van der Waals surface area contributed by atoms with Crippen molar-refractivity contribution < 1.29 is 26.9 Å². The first-order chi connectivity index (χ1) is 14.4. The summed E-state index contributed by atoms with van der Waals surface area (Å²) in [4.78, 5) is 16.6. The second-order valence-corrected chi connectivity index (χ2v) is 8.03. The Hall–Kier alpha value is -3.33. The summed E-state index contributed by atoms with van der Waals surface area (Å²) in [7, 11) is -2.79. The highest BCUT2D eigenvalue weighted by molar-refractivity contribution is 7.87. The van der Waals surface area contributed by atoms with Crippen LogP contribution in [0.3, 0.4) is 0 Å². The fourth-order valence-electron chi connectivity index (χ4n) is 2.71. The molecule has 0 spiro atoms. The minimum atomic E-state index is -4.27. The number of ether oxygens (including phenoxy) is 2. The molecule has 0 saturated carbocycles. The predicted octanol–water partition coefficient (Wildman–Crippen LogP) is 3.55. The van der Waals surface area contributed by atoms with Crippen molar-refractivity contribution in [2.45, 2.75) is 24.7 Å². The number of rotatable bonds is 8. The van der Waals surface area contributed by atoms with Crippen LogP contribution in [-0.2, 0) is 14.9 Å². The van der Waals surface area contributed by atoms with Gasteiger partial charge in [-0.1, -0.05) is 19.4 Å². The van der Waals surface area contributed by atoms with E-state index in [0.717, 1.165) is 6.42 Å². The van der Waals surface area contributed by atoms with E-state index < -0.39 is 16.1 Å². The van der Waals surface area contributed by atoms with Gasteiger partial charge in [0.15, 0.2) is 11.4 Å². The van der Waals surface area contributed by atoms with Gasteiger partial charge in [-0.3, -0.25) is 0 Å². The highest BCUT2D eigenvalue weighted by Crippen LogP contribution is 2.33. The van der Waals surface area contributed by atoms with Crippen molar-refractivity contribution in [3.63, 3.8) is 0 Å². The Balaban J connectivity index is 2.07. The summed E-state index contributed by atoms with van der Waals surface area (Å²) in [5.41, 5.74) is 6.01. The molecular weight excluding hydrogens is 408 g/mol. The first kappa shape index (κ1) is 21.4. The van der Waals surface area contributed by atoms with Crippen LogP contribution in [0.15, 0.2) is 53.6 Å². The maximum atomic E-state index is 12.9. The molecule has 0 saturated heterocycles. The van der Waals surface area contributed by atoms with Gasteiger partial charge >= 0.3 is 16.1 Å². The number of nitrogens with zero attached hydrogens (tertiary/aromatic N) is 1. The second kappa shape index (κ2) is 9.00. The van der Waals surface area contributed by atoms with Crippen molar-refractivity contribution in [1.29, 1.82) is 0 Å². The van der Waals surface area contributed by atoms with Crippen LogP contribution in [0.4, 0.5) is 5.69 Å². The first-order valence-electron chi connectivity index (χ1n) is 9.29. The Morgan fingerprint density at radius 3 is 2.53 bits per heavy atom. The molecule has 0 unspecified atom stereocenters. The highest BCUT2D eigenvalue weighted by Gasteiger charge is 2.25. The van der Waals surface area contributed by atoms with Gasteiger partial charge in [0.05, 0.1) is 13.7 Å². The van der Waals surface area contributed by atoms with Gasteiger partial charge in [0, 0.05) is 22.7 Å². The molecule has 0 fully saturated rings. The van der Waals surface area contributed by atoms with Crippen molar-refractivity contribution in [3.05, 3.63) is 54.4 Å². The molecule has 0 radical (unpaired) electrons. The van der Waals surface area contributed by atoms with E-state index in [4.69, 9.17) is 19.4 Å². The Labute approximate surface area is 174 Å². The quantitative estimate of drug-likeness (QED) is 0.249. The lowest BCUT2D eigenvalue weighted by atomic mass is 10.1. The van der Waals surface area contributed by atoms with E-state index in [1.54, 1.807) is 12.1 Å². The molecule has 8 nitrogen and oxygen atoms in total. The monoisotopic (exact) mass is 430 g/mol. The third-order valence-electron chi connectivity index (χ3n) is 4.34. The van der Waals surface area contributed by atoms with Gasteiger partial charge in [0.1, 0.15) is 10.6 Å². The topological polar surface area (TPSA) is 118 Å². The molecule has 158 valence electrons. The number of unbranched alkanes of at least 4 members (excludes halogenated alkanes) is 1. The molecule has 0 aliphatic heterocycles. The minimum absolute atomic E-state index is 0.102. The summed E-state index contributed by atoms with van der Waals surface area (Å²) in [5.74, 6) is -0.501. The zero-order chi connectivity index (χ0) is 21.7. The number of pyridine rings is 1. The molecule has 0 bridgehead atoms. The van der Waals surface area contributed by atoms with Gasteiger partial charge in [-0.15, -0.1) is 0 Å². The van der Waals surface area contributed by atoms with E-state index in [0.29, 0.717) is 28.6 Å². The van der Waals surface area contributed by atoms with Gasteiger partial charge in [0.25, 0.3) is 0 Å². The van der Waals surface area contributed by atoms with Gasteiger partial charge < -0.3 is 19.4 Å². The fourth-order valence-corrected chi connectivity index (χ4v) is 3.66. The van der Waals surface area contributed by atoms with Crippen LogP contribution in [-0.4, -0.2) is 33.1 Å². The van der Waals surface area contributed by atoms with Crippen LogP contribution in [0.5, 0.6) is 11.5 Å². The van der Waals surface area contributed by atoms with E-state index in [1.165, 1.54) is 43.6 Å². The van der Waals surface area contributed by atoms with Gasteiger partial charge in [0.2, 0.25) is 0 Å². The number of hydrogen-bond donors (Lipinski definition) is 1. The third kappa shape index (κ3) is 4.62. The lowest BCUT2D eigenvalue weighted by Gasteiger charge is -2.14. The van der Waals surface area contributed by atoms with Crippen molar-refractivity contribution in [3.8, 4) is 11.5 Å². The lowest BCUT2D eigenvalue weighted by molar-refractivity contribution is 0.0491. The number of anilines is 1. The van der Waals surface area contributed by atoms with Crippen molar-refractivity contribution in [2.75, 3.05) is 19.5 Å². The first-order valence-corrected chi connectivity index (χ1v) is 10.7. The molecule has 0 aliphatic carbocycles. The van der Waals surface area contributed by atoms with E-state index in [1.807, 2.05) is 6.92 Å². The molecule has 9 heteroatoms. The predicted molar refractivity (Wildman–Crippen MR) is 112 cm³/mol.